The lowest BCUT2D eigenvalue weighted by Crippen LogP contribution is -1.89. The lowest BCUT2D eigenvalue weighted by Gasteiger charge is -1.79. The summed E-state index contributed by atoms with van der Waals surface area (Å²) >= 11 is 3.24. The Morgan fingerprint density at radius 1 is 1.40 bits per heavy atom. The molecule has 56 valence electrons. The van der Waals surface area contributed by atoms with Crippen molar-refractivity contribution in [3.8, 4) is 11.8 Å². The van der Waals surface area contributed by atoms with Crippen molar-refractivity contribution in [1.82, 2.24) is 0 Å². The van der Waals surface area contributed by atoms with Crippen molar-refractivity contribution < 1.29 is 4.74 Å². The highest BCUT2D eigenvalue weighted by Crippen LogP contribution is 2.27. The Kier molecular flexibility index (Phi) is 3.24. The van der Waals surface area contributed by atoms with Crippen LogP contribution in [-0.4, -0.2) is 17.5 Å². The lowest BCUT2D eigenvalue weighted by molar-refractivity contribution is 0.369. The van der Waals surface area contributed by atoms with Crippen LogP contribution in [0.2, 0.25) is 0 Å². The van der Waals surface area contributed by atoms with Crippen LogP contribution < -0.4 is 0 Å². The molecule has 10 heavy (non-hydrogen) atoms. The zero-order valence-corrected chi connectivity index (χ0v) is 7.65. The Morgan fingerprint density at radius 2 is 2.20 bits per heavy atom. The zero-order chi connectivity index (χ0) is 7.40. The third kappa shape index (κ3) is 2.32. The van der Waals surface area contributed by atoms with E-state index < -0.39 is 0 Å². The molecule has 2 unspecified atom stereocenters. The molecule has 1 nitrogen and oxygen atoms in total. The van der Waals surface area contributed by atoms with Crippen LogP contribution in [0.1, 0.15) is 19.8 Å². The van der Waals surface area contributed by atoms with Crippen LogP contribution in [0.5, 0.6) is 0 Å². The minimum atomic E-state index is 0.441. The average molecular weight is 203 g/mol. The molecular weight excluding hydrogens is 192 g/mol. The standard InChI is InChI=1S/C8H11BrO/c1-2-7-8(10-7)5-3-4-6-9/h7-8H,2,5-6H2,1H3. The number of alkyl halides is 1. The SMILES string of the molecule is CCC1OC1CC#CCBr. The maximum absolute atomic E-state index is 5.29. The molecular formula is C8H11BrO. The molecule has 2 heteroatoms. The van der Waals surface area contributed by atoms with Crippen LogP contribution in [0.15, 0.2) is 0 Å². The molecule has 0 saturated carbocycles. The van der Waals surface area contributed by atoms with Crippen LogP contribution in [0.3, 0.4) is 0 Å². The minimum Gasteiger partial charge on any atom is -0.369 e. The van der Waals surface area contributed by atoms with Gasteiger partial charge >= 0.3 is 0 Å². The van der Waals surface area contributed by atoms with Gasteiger partial charge in [-0.2, -0.15) is 0 Å². The van der Waals surface area contributed by atoms with E-state index in [0.717, 1.165) is 18.2 Å². The minimum absolute atomic E-state index is 0.441. The summed E-state index contributed by atoms with van der Waals surface area (Å²) in [5, 5.41) is 0.774. The van der Waals surface area contributed by atoms with Gasteiger partial charge in [-0.15, -0.1) is 0 Å². The largest absolute Gasteiger partial charge is 0.369 e. The van der Waals surface area contributed by atoms with Crippen molar-refractivity contribution in [1.29, 1.82) is 0 Å². The first-order chi connectivity index (χ1) is 4.88. The summed E-state index contributed by atoms with van der Waals surface area (Å²) in [4.78, 5) is 0. The fourth-order valence-corrected chi connectivity index (χ4v) is 1.14. The van der Waals surface area contributed by atoms with Gasteiger partial charge in [0.25, 0.3) is 0 Å². The van der Waals surface area contributed by atoms with Gasteiger partial charge < -0.3 is 4.74 Å². The van der Waals surface area contributed by atoms with Crippen LogP contribution in [0, 0.1) is 11.8 Å². The van der Waals surface area contributed by atoms with E-state index in [0.29, 0.717) is 12.2 Å². The van der Waals surface area contributed by atoms with Crippen LogP contribution in [0.4, 0.5) is 0 Å². The smallest absolute Gasteiger partial charge is 0.0950 e. The Hall–Kier alpha value is 0. The molecule has 1 rings (SSSR count). The molecule has 1 heterocycles. The molecule has 1 aliphatic heterocycles. The first-order valence-corrected chi connectivity index (χ1v) is 4.67. The van der Waals surface area contributed by atoms with Crippen LogP contribution in [-0.2, 0) is 4.74 Å². The van der Waals surface area contributed by atoms with Gasteiger partial charge in [0.1, 0.15) is 0 Å². The first kappa shape index (κ1) is 8.10. The second-order valence-electron chi connectivity index (χ2n) is 2.31. The van der Waals surface area contributed by atoms with E-state index in [1.807, 2.05) is 0 Å². The predicted octanol–water partition coefficient (Wildman–Crippen LogP) is 1.95. The van der Waals surface area contributed by atoms with Crippen LogP contribution >= 0.6 is 15.9 Å². The number of ether oxygens (including phenoxy) is 1. The molecule has 0 aromatic heterocycles. The topological polar surface area (TPSA) is 12.5 Å². The van der Waals surface area contributed by atoms with Gasteiger partial charge in [0.05, 0.1) is 17.5 Å². The molecule has 1 fully saturated rings. The van der Waals surface area contributed by atoms with Gasteiger partial charge in [-0.1, -0.05) is 34.7 Å². The van der Waals surface area contributed by atoms with Crippen molar-refractivity contribution in [2.24, 2.45) is 0 Å². The highest BCUT2D eigenvalue weighted by molar-refractivity contribution is 9.09. The number of halogens is 1. The van der Waals surface area contributed by atoms with E-state index in [9.17, 15) is 0 Å². The Balaban J connectivity index is 2.06. The van der Waals surface area contributed by atoms with Crippen molar-refractivity contribution in [2.75, 3.05) is 5.33 Å². The van der Waals surface area contributed by atoms with Crippen molar-refractivity contribution in [2.45, 2.75) is 32.0 Å². The van der Waals surface area contributed by atoms with E-state index in [2.05, 4.69) is 34.7 Å². The number of epoxide rings is 1. The molecule has 0 aromatic carbocycles. The Bertz CT molecular complexity index is 156. The predicted molar refractivity (Wildman–Crippen MR) is 45.1 cm³/mol. The summed E-state index contributed by atoms with van der Waals surface area (Å²) in [6.45, 7) is 2.14. The fraction of sp³-hybridized carbons (Fsp3) is 0.750. The van der Waals surface area contributed by atoms with Gasteiger partial charge in [0.2, 0.25) is 0 Å². The fourth-order valence-electron chi connectivity index (χ4n) is 0.938. The van der Waals surface area contributed by atoms with E-state index in [4.69, 9.17) is 4.74 Å². The van der Waals surface area contributed by atoms with Crippen molar-refractivity contribution in [3.05, 3.63) is 0 Å². The van der Waals surface area contributed by atoms with E-state index in [1.165, 1.54) is 0 Å². The third-order valence-corrected chi connectivity index (χ3v) is 1.87. The molecule has 0 radical (unpaired) electrons. The highest BCUT2D eigenvalue weighted by atomic mass is 79.9. The summed E-state index contributed by atoms with van der Waals surface area (Å²) in [6, 6.07) is 0. The van der Waals surface area contributed by atoms with E-state index >= 15 is 0 Å². The monoisotopic (exact) mass is 202 g/mol. The summed E-state index contributed by atoms with van der Waals surface area (Å²) in [7, 11) is 0. The summed E-state index contributed by atoms with van der Waals surface area (Å²) < 4.78 is 5.29. The molecule has 0 aromatic rings. The second-order valence-corrected chi connectivity index (χ2v) is 2.87. The first-order valence-electron chi connectivity index (χ1n) is 3.55. The summed E-state index contributed by atoms with van der Waals surface area (Å²) in [5.41, 5.74) is 0. The normalized spacial score (nSPS) is 29.0. The second kappa shape index (κ2) is 4.00. The average Bonchev–Trinajstić information content (AvgIpc) is 2.68. The van der Waals surface area contributed by atoms with Gasteiger partial charge in [-0.05, 0) is 6.42 Å². The molecule has 1 saturated heterocycles. The van der Waals surface area contributed by atoms with Crippen LogP contribution in [0.25, 0.3) is 0 Å². The van der Waals surface area contributed by atoms with Gasteiger partial charge in [-0.25, -0.2) is 0 Å². The molecule has 0 N–H and O–H groups in total. The maximum Gasteiger partial charge on any atom is 0.0950 e. The number of rotatable bonds is 2. The molecule has 0 spiro atoms. The van der Waals surface area contributed by atoms with Gasteiger partial charge in [0, 0.05) is 6.42 Å². The van der Waals surface area contributed by atoms with Gasteiger partial charge in [0.15, 0.2) is 0 Å². The zero-order valence-electron chi connectivity index (χ0n) is 6.06. The van der Waals surface area contributed by atoms with Gasteiger partial charge in [-0.3, -0.25) is 0 Å². The molecule has 0 bridgehead atoms. The highest BCUT2D eigenvalue weighted by Gasteiger charge is 2.35. The van der Waals surface area contributed by atoms with E-state index in [1.54, 1.807) is 0 Å². The Morgan fingerprint density at radius 3 is 2.70 bits per heavy atom. The maximum atomic E-state index is 5.29. The third-order valence-electron chi connectivity index (χ3n) is 1.59. The van der Waals surface area contributed by atoms with Crippen molar-refractivity contribution in [3.63, 3.8) is 0 Å². The lowest BCUT2D eigenvalue weighted by atomic mass is 10.2. The van der Waals surface area contributed by atoms with E-state index in [-0.39, 0.29) is 0 Å². The number of hydrogen-bond acceptors (Lipinski definition) is 1. The molecule has 0 amide bonds. The number of hydrogen-bond donors (Lipinski definition) is 0. The quantitative estimate of drug-likeness (QED) is 0.379. The van der Waals surface area contributed by atoms with Crippen molar-refractivity contribution >= 4 is 15.9 Å². The molecule has 1 aliphatic rings. The molecule has 0 aliphatic carbocycles. The molecule has 2 atom stereocenters. The Labute approximate surface area is 70.3 Å². The summed E-state index contributed by atoms with van der Waals surface area (Å²) in [5.74, 6) is 5.99. The summed E-state index contributed by atoms with van der Waals surface area (Å²) in [6.07, 6.45) is 2.98.